The van der Waals surface area contributed by atoms with Gasteiger partial charge in [0.15, 0.2) is 5.69 Å². The van der Waals surface area contributed by atoms with Crippen LogP contribution in [0.2, 0.25) is 0 Å². The highest BCUT2D eigenvalue weighted by molar-refractivity contribution is 5.22. The molecule has 29 heavy (non-hydrogen) atoms. The number of hydrogen-bond donors (Lipinski definition) is 2. The van der Waals surface area contributed by atoms with Crippen molar-refractivity contribution < 1.29 is 18.3 Å². The van der Waals surface area contributed by atoms with Gasteiger partial charge in [0, 0.05) is 11.6 Å². The minimum Gasteiger partial charge on any atom is -0.393 e. The number of hydrogen-bond acceptors (Lipinski definition) is 2. The summed E-state index contributed by atoms with van der Waals surface area (Å²) in [5.41, 5.74) is 0.288. The fourth-order valence-electron chi connectivity index (χ4n) is 8.41. The molecule has 5 rings (SSSR count). The van der Waals surface area contributed by atoms with Crippen LogP contribution in [-0.4, -0.2) is 21.4 Å². The molecule has 1 heterocycles. The number of aliphatic hydroxyl groups is 1. The van der Waals surface area contributed by atoms with Crippen molar-refractivity contribution in [2.45, 2.75) is 89.8 Å². The zero-order valence-corrected chi connectivity index (χ0v) is 17.4. The van der Waals surface area contributed by atoms with Crippen molar-refractivity contribution in [2.24, 2.45) is 34.5 Å². The summed E-state index contributed by atoms with van der Waals surface area (Å²) in [6.07, 6.45) is 5.27. The maximum Gasteiger partial charge on any atom is 0.435 e. The van der Waals surface area contributed by atoms with Crippen molar-refractivity contribution in [3.05, 3.63) is 17.5 Å². The third-order valence-corrected chi connectivity index (χ3v) is 9.90. The molecule has 4 saturated carbocycles. The largest absolute Gasteiger partial charge is 0.435 e. The van der Waals surface area contributed by atoms with Gasteiger partial charge >= 0.3 is 6.18 Å². The zero-order chi connectivity index (χ0) is 20.6. The first-order valence-corrected chi connectivity index (χ1v) is 11.4. The second-order valence-corrected chi connectivity index (χ2v) is 11.0. The van der Waals surface area contributed by atoms with Crippen molar-refractivity contribution in [1.82, 2.24) is 10.2 Å². The van der Waals surface area contributed by atoms with E-state index >= 15 is 0 Å². The molecule has 0 bridgehead atoms. The molecule has 4 aliphatic rings. The Hall–Kier alpha value is -1.04. The monoisotopic (exact) mass is 410 g/mol. The number of aromatic amines is 1. The number of rotatable bonds is 1. The van der Waals surface area contributed by atoms with Crippen molar-refractivity contribution in [3.63, 3.8) is 0 Å². The van der Waals surface area contributed by atoms with E-state index in [4.69, 9.17) is 0 Å². The van der Waals surface area contributed by atoms with Gasteiger partial charge in [-0.15, -0.1) is 0 Å². The van der Waals surface area contributed by atoms with Crippen LogP contribution < -0.4 is 0 Å². The minimum absolute atomic E-state index is 0.0634. The van der Waals surface area contributed by atoms with E-state index in [9.17, 15) is 18.3 Å². The Bertz CT molecular complexity index is 776. The van der Waals surface area contributed by atoms with E-state index in [2.05, 4.69) is 24.0 Å². The van der Waals surface area contributed by atoms with E-state index in [0.717, 1.165) is 38.5 Å². The minimum atomic E-state index is -4.39. The van der Waals surface area contributed by atoms with Crippen LogP contribution in [-0.2, 0) is 6.18 Å². The van der Waals surface area contributed by atoms with Crippen LogP contribution in [0.5, 0.6) is 0 Å². The smallest absolute Gasteiger partial charge is 0.393 e. The van der Waals surface area contributed by atoms with Gasteiger partial charge in [0.2, 0.25) is 0 Å². The van der Waals surface area contributed by atoms with Crippen LogP contribution in [0.3, 0.4) is 0 Å². The summed E-state index contributed by atoms with van der Waals surface area (Å²) in [6.45, 7) is 4.80. The zero-order valence-electron chi connectivity index (χ0n) is 17.4. The number of H-pyrrole nitrogens is 1. The van der Waals surface area contributed by atoms with Crippen LogP contribution in [0.4, 0.5) is 13.2 Å². The topological polar surface area (TPSA) is 48.9 Å². The lowest BCUT2D eigenvalue weighted by atomic mass is 9.44. The highest BCUT2D eigenvalue weighted by Crippen LogP contribution is 2.68. The average molecular weight is 411 g/mol. The number of nitrogens with one attached hydrogen (secondary N) is 1. The third-order valence-electron chi connectivity index (χ3n) is 9.90. The summed E-state index contributed by atoms with van der Waals surface area (Å²) in [7, 11) is 0. The van der Waals surface area contributed by atoms with Crippen molar-refractivity contribution in [3.8, 4) is 0 Å². The standard InChI is InChI=1S/C23H33F3N2O/c1-21-9-7-14(29)11-13(21)3-4-15-16-5-6-18(22(16,2)10-8-17(15)21)19-12-20(28-27-19)23(24,25)26/h12-18,29H,3-11H2,1-2H3,(H,27,28)/t13-,14-,15+,16-,17-,18-,21+,22-/m0/s1. The second-order valence-electron chi connectivity index (χ2n) is 11.0. The lowest BCUT2D eigenvalue weighted by Crippen LogP contribution is -2.53. The molecule has 1 aromatic rings. The van der Waals surface area contributed by atoms with Gasteiger partial charge in [0.05, 0.1) is 6.10 Å². The highest BCUT2D eigenvalue weighted by Gasteiger charge is 2.60. The Kier molecular flexibility index (Phi) is 4.44. The fourth-order valence-corrected chi connectivity index (χ4v) is 8.41. The number of aliphatic hydroxyl groups excluding tert-OH is 1. The average Bonchev–Trinajstić information content (AvgIpc) is 3.26. The van der Waals surface area contributed by atoms with Gasteiger partial charge in [-0.3, -0.25) is 5.10 Å². The Balaban J connectivity index is 1.40. The summed E-state index contributed by atoms with van der Waals surface area (Å²) in [5, 5.41) is 16.5. The SMILES string of the molecule is C[C@@]12CC[C@H](O)C[C@@H]1CC[C@H]1[C@@H]2CC[C@]2(C)[C@H](c3cc(C(F)(F)F)n[nH]3)CC[C@@H]12. The normalized spacial score (nSPS) is 47.4. The van der Waals surface area contributed by atoms with Gasteiger partial charge in [-0.2, -0.15) is 18.3 Å². The van der Waals surface area contributed by atoms with E-state index in [1.807, 2.05) is 0 Å². The Morgan fingerprint density at radius 2 is 1.72 bits per heavy atom. The number of nitrogens with zero attached hydrogens (tertiary/aromatic N) is 1. The van der Waals surface area contributed by atoms with Gasteiger partial charge < -0.3 is 5.11 Å². The van der Waals surface area contributed by atoms with Gasteiger partial charge in [-0.05, 0) is 98.4 Å². The summed E-state index contributed by atoms with van der Waals surface area (Å²) in [4.78, 5) is 0. The van der Waals surface area contributed by atoms with Crippen molar-refractivity contribution in [1.29, 1.82) is 0 Å². The number of fused-ring (bicyclic) bond motifs is 5. The summed E-state index contributed by atoms with van der Waals surface area (Å²) >= 11 is 0. The summed E-state index contributed by atoms with van der Waals surface area (Å²) < 4.78 is 39.2. The predicted octanol–water partition coefficient (Wildman–Crippen LogP) is 5.92. The molecule has 4 aliphatic carbocycles. The number of aromatic nitrogens is 2. The lowest BCUT2D eigenvalue weighted by molar-refractivity contribution is -0.141. The van der Waals surface area contributed by atoms with Crippen LogP contribution in [0.15, 0.2) is 6.07 Å². The van der Waals surface area contributed by atoms with Crippen molar-refractivity contribution >= 4 is 0 Å². The van der Waals surface area contributed by atoms with Crippen LogP contribution in [0.25, 0.3) is 0 Å². The molecule has 6 heteroatoms. The molecule has 8 atom stereocenters. The van der Waals surface area contributed by atoms with Crippen LogP contribution >= 0.6 is 0 Å². The molecule has 0 aliphatic heterocycles. The summed E-state index contributed by atoms with van der Waals surface area (Å²) in [5.74, 6) is 2.76. The lowest BCUT2D eigenvalue weighted by Gasteiger charge is -2.61. The number of alkyl halides is 3. The quantitative estimate of drug-likeness (QED) is 0.604. The predicted molar refractivity (Wildman–Crippen MR) is 104 cm³/mol. The first-order chi connectivity index (χ1) is 13.6. The van der Waals surface area contributed by atoms with Gasteiger partial charge in [-0.25, -0.2) is 0 Å². The molecule has 3 nitrogen and oxygen atoms in total. The molecule has 1 aromatic heterocycles. The molecular weight excluding hydrogens is 377 g/mol. The maximum atomic E-state index is 13.1. The molecule has 0 saturated heterocycles. The third kappa shape index (κ3) is 2.91. The van der Waals surface area contributed by atoms with Crippen molar-refractivity contribution in [2.75, 3.05) is 0 Å². The van der Waals surface area contributed by atoms with Crippen LogP contribution in [0, 0.1) is 34.5 Å². The van der Waals surface area contributed by atoms with E-state index in [0.29, 0.717) is 34.8 Å². The van der Waals surface area contributed by atoms with Gasteiger partial charge in [0.1, 0.15) is 0 Å². The number of halogens is 3. The van der Waals surface area contributed by atoms with Crippen LogP contribution in [0.1, 0.15) is 88.9 Å². The Morgan fingerprint density at radius 1 is 1.00 bits per heavy atom. The Labute approximate surface area is 170 Å². The fraction of sp³-hybridized carbons (Fsp3) is 0.870. The molecule has 4 fully saturated rings. The first-order valence-electron chi connectivity index (χ1n) is 11.4. The Morgan fingerprint density at radius 3 is 2.45 bits per heavy atom. The molecule has 0 radical (unpaired) electrons. The van der Waals surface area contributed by atoms with E-state index < -0.39 is 11.9 Å². The van der Waals surface area contributed by atoms with E-state index in [-0.39, 0.29) is 17.4 Å². The first kappa shape index (κ1) is 19.9. The highest BCUT2D eigenvalue weighted by atomic mass is 19.4. The van der Waals surface area contributed by atoms with Gasteiger partial charge in [-0.1, -0.05) is 13.8 Å². The maximum absolute atomic E-state index is 13.1. The molecule has 0 unspecified atom stereocenters. The molecular formula is C23H33F3N2O. The van der Waals surface area contributed by atoms with E-state index in [1.54, 1.807) is 0 Å². The second kappa shape index (κ2) is 6.48. The molecule has 162 valence electrons. The molecule has 0 amide bonds. The molecule has 2 N–H and O–H groups in total. The molecule has 0 aromatic carbocycles. The summed E-state index contributed by atoms with van der Waals surface area (Å²) in [6, 6.07) is 1.26. The molecule has 0 spiro atoms. The van der Waals surface area contributed by atoms with E-state index in [1.165, 1.54) is 25.3 Å². The van der Waals surface area contributed by atoms with Gasteiger partial charge in [0.25, 0.3) is 0 Å².